The van der Waals surface area contributed by atoms with E-state index in [4.69, 9.17) is 32.7 Å². The third-order valence-electron chi connectivity index (χ3n) is 3.55. The van der Waals surface area contributed by atoms with Crippen molar-refractivity contribution in [3.05, 3.63) is 28.2 Å². The maximum Gasteiger partial charge on any atom is 0.344 e. The Balaban J connectivity index is 1.75. The van der Waals surface area contributed by atoms with Gasteiger partial charge in [-0.05, 0) is 31.5 Å². The largest absolute Gasteiger partial charge is 0.480 e. The highest BCUT2D eigenvalue weighted by Crippen LogP contribution is 2.27. The molecule has 1 aliphatic rings. The summed E-state index contributed by atoms with van der Waals surface area (Å²) in [5.41, 5.74) is -0.838. The zero-order valence-electron chi connectivity index (χ0n) is 13.4. The number of hydrogen-bond donors (Lipinski definition) is 1. The molecule has 0 saturated carbocycles. The summed E-state index contributed by atoms with van der Waals surface area (Å²) in [7, 11) is -3.14. The van der Waals surface area contributed by atoms with E-state index in [2.05, 4.69) is 5.32 Å². The average Bonchev–Trinajstić information content (AvgIpc) is 2.77. The van der Waals surface area contributed by atoms with Crippen molar-refractivity contribution in [2.75, 3.05) is 24.7 Å². The summed E-state index contributed by atoms with van der Waals surface area (Å²) in [4.78, 5) is 23.5. The number of nitrogens with one attached hydrogen (secondary N) is 1. The number of benzene rings is 1. The minimum absolute atomic E-state index is 0.0270. The normalized spacial score (nSPS) is 21.6. The van der Waals surface area contributed by atoms with Crippen molar-refractivity contribution in [3.63, 3.8) is 0 Å². The van der Waals surface area contributed by atoms with E-state index in [0.29, 0.717) is 11.4 Å². The van der Waals surface area contributed by atoms with Gasteiger partial charge in [0.1, 0.15) is 5.75 Å². The lowest BCUT2D eigenvalue weighted by Gasteiger charge is -2.23. The van der Waals surface area contributed by atoms with Crippen LogP contribution < -0.4 is 10.1 Å². The molecular weight excluding hydrogens is 393 g/mol. The number of ether oxygens (including phenoxy) is 2. The lowest BCUT2D eigenvalue weighted by molar-refractivity contribution is -0.150. The smallest absolute Gasteiger partial charge is 0.344 e. The maximum atomic E-state index is 11.8. The monoisotopic (exact) mass is 409 g/mol. The molecule has 25 heavy (non-hydrogen) atoms. The first-order valence-corrected chi connectivity index (χ1v) is 9.91. The Labute approximate surface area is 155 Å². The van der Waals surface area contributed by atoms with Crippen LogP contribution in [0, 0.1) is 0 Å². The van der Waals surface area contributed by atoms with Crippen LogP contribution in [0.15, 0.2) is 18.2 Å². The van der Waals surface area contributed by atoms with Crippen molar-refractivity contribution in [1.29, 1.82) is 0 Å². The number of carbonyl (C=O) groups excluding carboxylic acids is 2. The second-order valence-electron chi connectivity index (χ2n) is 5.97. The van der Waals surface area contributed by atoms with Crippen molar-refractivity contribution in [2.24, 2.45) is 0 Å². The first kappa shape index (κ1) is 19.8. The molecule has 1 aromatic carbocycles. The number of rotatable bonds is 6. The van der Waals surface area contributed by atoms with Crippen LogP contribution in [-0.2, 0) is 24.2 Å². The number of hydrogen-bond acceptors (Lipinski definition) is 6. The van der Waals surface area contributed by atoms with Crippen LogP contribution in [0.2, 0.25) is 10.0 Å². The third-order valence-corrected chi connectivity index (χ3v) is 5.98. The van der Waals surface area contributed by atoms with Crippen LogP contribution in [0.25, 0.3) is 0 Å². The highest BCUT2D eigenvalue weighted by molar-refractivity contribution is 7.91. The number of carbonyl (C=O) groups is 2. The minimum Gasteiger partial charge on any atom is -0.480 e. The second-order valence-corrected chi connectivity index (χ2v) is 9.00. The van der Waals surface area contributed by atoms with Crippen LogP contribution in [0.5, 0.6) is 5.75 Å². The van der Waals surface area contributed by atoms with E-state index < -0.39 is 40.5 Å². The van der Waals surface area contributed by atoms with E-state index in [1.165, 1.54) is 12.1 Å². The standard InChI is InChI=1S/C15H17Cl2NO6S/c1-15(4-5-25(21,22)9-15)18-13(19)7-24-14(20)8-23-12-3-2-10(16)6-11(12)17/h2-3,6H,4-5,7-9H2,1H3,(H,18,19)/t15-/m0/s1. The number of halogens is 2. The lowest BCUT2D eigenvalue weighted by Crippen LogP contribution is -2.48. The van der Waals surface area contributed by atoms with Crippen molar-refractivity contribution in [3.8, 4) is 5.75 Å². The van der Waals surface area contributed by atoms with Crippen LogP contribution in [-0.4, -0.2) is 50.6 Å². The first-order chi connectivity index (χ1) is 11.6. The molecule has 1 amide bonds. The predicted octanol–water partition coefficient (Wildman–Crippen LogP) is 1.61. The molecule has 1 heterocycles. The molecular formula is C15H17Cl2NO6S. The number of sulfone groups is 1. The molecule has 0 bridgehead atoms. The molecule has 2 rings (SSSR count). The Bertz CT molecular complexity index is 782. The summed E-state index contributed by atoms with van der Waals surface area (Å²) in [5, 5.41) is 3.26. The number of amides is 1. The van der Waals surface area contributed by atoms with Crippen LogP contribution >= 0.6 is 23.2 Å². The van der Waals surface area contributed by atoms with Gasteiger partial charge >= 0.3 is 5.97 Å². The molecule has 1 atom stereocenters. The van der Waals surface area contributed by atoms with E-state index in [1.807, 2.05) is 0 Å². The summed E-state index contributed by atoms with van der Waals surface area (Å²) in [6.45, 7) is 0.690. The Morgan fingerprint density at radius 3 is 2.60 bits per heavy atom. The predicted molar refractivity (Wildman–Crippen MR) is 92.7 cm³/mol. The van der Waals surface area contributed by atoms with E-state index in [9.17, 15) is 18.0 Å². The van der Waals surface area contributed by atoms with Gasteiger partial charge in [-0.25, -0.2) is 13.2 Å². The van der Waals surface area contributed by atoms with Gasteiger partial charge in [0, 0.05) is 5.02 Å². The third kappa shape index (κ3) is 6.05. The Morgan fingerprint density at radius 1 is 1.28 bits per heavy atom. The Kier molecular flexibility index (Phi) is 6.18. The van der Waals surface area contributed by atoms with E-state index >= 15 is 0 Å². The average molecular weight is 410 g/mol. The van der Waals surface area contributed by atoms with Crippen molar-refractivity contribution in [1.82, 2.24) is 5.32 Å². The highest BCUT2D eigenvalue weighted by Gasteiger charge is 2.39. The minimum atomic E-state index is -3.14. The molecule has 1 aromatic rings. The lowest BCUT2D eigenvalue weighted by atomic mass is 10.0. The molecule has 1 fully saturated rings. The summed E-state index contributed by atoms with van der Waals surface area (Å²) < 4.78 is 33.0. The molecule has 0 radical (unpaired) electrons. The fourth-order valence-electron chi connectivity index (χ4n) is 2.40. The van der Waals surface area contributed by atoms with Gasteiger partial charge in [-0.15, -0.1) is 0 Å². The van der Waals surface area contributed by atoms with Gasteiger partial charge < -0.3 is 14.8 Å². The molecule has 0 unspecified atom stereocenters. The maximum absolute atomic E-state index is 11.8. The van der Waals surface area contributed by atoms with E-state index in [1.54, 1.807) is 13.0 Å². The molecule has 1 N–H and O–H groups in total. The SMILES string of the molecule is C[C@]1(NC(=O)COC(=O)COc2ccc(Cl)cc2Cl)CCS(=O)(=O)C1. The Hall–Kier alpha value is -1.51. The molecule has 0 aromatic heterocycles. The zero-order valence-corrected chi connectivity index (χ0v) is 15.7. The van der Waals surface area contributed by atoms with Crippen molar-refractivity contribution < 1.29 is 27.5 Å². The van der Waals surface area contributed by atoms with Gasteiger partial charge in [0.15, 0.2) is 23.1 Å². The summed E-state index contributed by atoms with van der Waals surface area (Å²) >= 11 is 11.6. The topological polar surface area (TPSA) is 98.8 Å². The van der Waals surface area contributed by atoms with Gasteiger partial charge in [0.05, 0.1) is 22.1 Å². The fraction of sp³-hybridized carbons (Fsp3) is 0.467. The molecule has 1 aliphatic heterocycles. The molecule has 138 valence electrons. The van der Waals surface area contributed by atoms with E-state index in [-0.39, 0.29) is 22.3 Å². The number of esters is 1. The molecule has 10 heteroatoms. The first-order valence-electron chi connectivity index (χ1n) is 7.33. The fourth-order valence-corrected chi connectivity index (χ4v) is 4.95. The van der Waals surface area contributed by atoms with Gasteiger partial charge in [-0.1, -0.05) is 23.2 Å². The summed E-state index contributed by atoms with van der Waals surface area (Å²) in [6, 6.07) is 4.53. The zero-order chi connectivity index (χ0) is 18.7. The second kappa shape index (κ2) is 7.80. The molecule has 7 nitrogen and oxygen atoms in total. The van der Waals surface area contributed by atoms with Gasteiger partial charge in [0.2, 0.25) is 0 Å². The highest BCUT2D eigenvalue weighted by atomic mass is 35.5. The molecule has 0 spiro atoms. The van der Waals surface area contributed by atoms with Crippen LogP contribution in [0.1, 0.15) is 13.3 Å². The van der Waals surface area contributed by atoms with Crippen LogP contribution in [0.3, 0.4) is 0 Å². The van der Waals surface area contributed by atoms with Gasteiger partial charge in [0.25, 0.3) is 5.91 Å². The quantitative estimate of drug-likeness (QED) is 0.716. The van der Waals surface area contributed by atoms with Crippen molar-refractivity contribution in [2.45, 2.75) is 18.9 Å². The van der Waals surface area contributed by atoms with Gasteiger partial charge in [-0.3, -0.25) is 4.79 Å². The Morgan fingerprint density at radius 2 is 2.00 bits per heavy atom. The van der Waals surface area contributed by atoms with Gasteiger partial charge in [-0.2, -0.15) is 0 Å². The molecule has 1 saturated heterocycles. The summed E-state index contributed by atoms with van der Waals surface area (Å²) in [5.74, 6) is -1.17. The van der Waals surface area contributed by atoms with Crippen LogP contribution in [0.4, 0.5) is 0 Å². The summed E-state index contributed by atoms with van der Waals surface area (Å²) in [6.07, 6.45) is 0.327. The molecule has 0 aliphatic carbocycles. The van der Waals surface area contributed by atoms with Crippen molar-refractivity contribution >= 4 is 44.9 Å². The van der Waals surface area contributed by atoms with E-state index in [0.717, 1.165) is 0 Å².